The first kappa shape index (κ1) is 19.0. The van der Waals surface area contributed by atoms with E-state index in [1.807, 2.05) is 5.32 Å². The Morgan fingerprint density at radius 3 is 2.42 bits per heavy atom. The maximum absolute atomic E-state index is 12.6. The van der Waals surface area contributed by atoms with Crippen LogP contribution in [-0.4, -0.2) is 37.0 Å². The standard InChI is InChI=1S/C14H15ClF3NO4S/c1-13(21,14(16,17)18)12(20)19-11-5-4-9(6-10(11)15)24(22,23)7-8-2-3-8/h4-6,8,21H,2-3,7H2,1H3,(H,19,20)/t13-/m1/s1. The second-order valence-electron chi connectivity index (χ2n) is 5.89. The minimum Gasteiger partial charge on any atom is -0.373 e. The van der Waals surface area contributed by atoms with Crippen LogP contribution in [0.3, 0.4) is 0 Å². The molecule has 0 aliphatic heterocycles. The van der Waals surface area contributed by atoms with Crippen LogP contribution in [0.1, 0.15) is 19.8 Å². The number of hydrogen-bond acceptors (Lipinski definition) is 4. The Labute approximate surface area is 141 Å². The highest BCUT2D eigenvalue weighted by molar-refractivity contribution is 7.91. The van der Waals surface area contributed by atoms with Crippen LogP contribution < -0.4 is 5.32 Å². The molecule has 1 aromatic rings. The average Bonchev–Trinajstić information content (AvgIpc) is 3.22. The van der Waals surface area contributed by atoms with Crippen LogP contribution in [-0.2, 0) is 14.6 Å². The first-order valence-electron chi connectivity index (χ1n) is 6.97. The number of aliphatic hydroxyl groups is 1. The molecule has 2 rings (SSSR count). The van der Waals surface area contributed by atoms with Crippen molar-refractivity contribution in [2.45, 2.75) is 36.4 Å². The summed E-state index contributed by atoms with van der Waals surface area (Å²) in [4.78, 5) is 11.5. The molecule has 2 N–H and O–H groups in total. The fourth-order valence-electron chi connectivity index (χ4n) is 1.85. The molecule has 0 bridgehead atoms. The number of halogens is 4. The fraction of sp³-hybridized carbons (Fsp3) is 0.500. The minimum absolute atomic E-state index is 0.0161. The summed E-state index contributed by atoms with van der Waals surface area (Å²) in [6, 6.07) is 3.31. The van der Waals surface area contributed by atoms with Gasteiger partial charge in [0.2, 0.25) is 5.60 Å². The van der Waals surface area contributed by atoms with E-state index < -0.39 is 27.5 Å². The summed E-state index contributed by atoms with van der Waals surface area (Å²) in [6.45, 7) is 0.310. The highest BCUT2D eigenvalue weighted by Gasteiger charge is 2.55. The van der Waals surface area contributed by atoms with E-state index in [1.54, 1.807) is 0 Å². The van der Waals surface area contributed by atoms with Gasteiger partial charge in [0.05, 0.1) is 21.4 Å². The van der Waals surface area contributed by atoms with Gasteiger partial charge in [-0.25, -0.2) is 8.42 Å². The van der Waals surface area contributed by atoms with Crippen molar-refractivity contribution in [1.82, 2.24) is 0 Å². The van der Waals surface area contributed by atoms with Gasteiger partial charge in [-0.3, -0.25) is 4.79 Å². The van der Waals surface area contributed by atoms with Crippen molar-refractivity contribution in [3.05, 3.63) is 23.2 Å². The van der Waals surface area contributed by atoms with E-state index >= 15 is 0 Å². The molecular formula is C14H15ClF3NO4S. The quantitative estimate of drug-likeness (QED) is 0.816. The molecule has 1 saturated carbocycles. The van der Waals surface area contributed by atoms with Crippen LogP contribution in [0.2, 0.25) is 5.02 Å². The summed E-state index contributed by atoms with van der Waals surface area (Å²) in [6.07, 6.45) is -3.49. The maximum Gasteiger partial charge on any atom is 0.426 e. The van der Waals surface area contributed by atoms with E-state index in [1.165, 1.54) is 0 Å². The number of nitrogens with one attached hydrogen (secondary N) is 1. The summed E-state index contributed by atoms with van der Waals surface area (Å²) < 4.78 is 62.1. The van der Waals surface area contributed by atoms with Gasteiger partial charge in [0.15, 0.2) is 9.84 Å². The fourth-order valence-corrected chi connectivity index (χ4v) is 3.87. The lowest BCUT2D eigenvalue weighted by Crippen LogP contribution is -2.52. The first-order chi connectivity index (χ1) is 10.8. The van der Waals surface area contributed by atoms with Gasteiger partial charge in [-0.05, 0) is 43.9 Å². The summed E-state index contributed by atoms with van der Waals surface area (Å²) in [7, 11) is -3.54. The summed E-state index contributed by atoms with van der Waals surface area (Å²) in [5.74, 6) is -1.61. The first-order valence-corrected chi connectivity index (χ1v) is 9.00. The zero-order valence-electron chi connectivity index (χ0n) is 12.5. The van der Waals surface area contributed by atoms with Crippen molar-refractivity contribution in [2.24, 2.45) is 5.92 Å². The zero-order chi connectivity index (χ0) is 18.3. The third-order valence-electron chi connectivity index (χ3n) is 3.69. The van der Waals surface area contributed by atoms with Gasteiger partial charge >= 0.3 is 6.18 Å². The summed E-state index contributed by atoms with van der Waals surface area (Å²) in [5.41, 5.74) is -3.83. The Bertz CT molecular complexity index is 758. The lowest BCUT2D eigenvalue weighted by molar-refractivity contribution is -0.242. The predicted octanol–water partition coefficient (Wildman–Crippen LogP) is 2.78. The Balaban J connectivity index is 2.20. The number of sulfone groups is 1. The summed E-state index contributed by atoms with van der Waals surface area (Å²) in [5, 5.41) is 10.9. The number of alkyl halides is 3. The molecule has 134 valence electrons. The lowest BCUT2D eigenvalue weighted by atomic mass is 10.1. The van der Waals surface area contributed by atoms with E-state index in [9.17, 15) is 31.5 Å². The van der Waals surface area contributed by atoms with Crippen LogP contribution in [0.15, 0.2) is 23.1 Å². The number of carbonyl (C=O) groups is 1. The van der Waals surface area contributed by atoms with E-state index in [4.69, 9.17) is 11.6 Å². The van der Waals surface area contributed by atoms with Gasteiger partial charge in [0, 0.05) is 0 Å². The minimum atomic E-state index is -5.17. The number of carbonyl (C=O) groups excluding carboxylic acids is 1. The number of benzene rings is 1. The van der Waals surface area contributed by atoms with Crippen molar-refractivity contribution in [3.63, 3.8) is 0 Å². The van der Waals surface area contributed by atoms with Crippen molar-refractivity contribution >= 4 is 33.0 Å². The molecule has 24 heavy (non-hydrogen) atoms. The smallest absolute Gasteiger partial charge is 0.373 e. The molecule has 0 spiro atoms. The second kappa shape index (κ2) is 6.20. The maximum atomic E-state index is 12.6. The van der Waals surface area contributed by atoms with Crippen LogP contribution >= 0.6 is 11.6 Å². The van der Waals surface area contributed by atoms with Gasteiger partial charge < -0.3 is 10.4 Å². The van der Waals surface area contributed by atoms with Gasteiger partial charge in [-0.15, -0.1) is 0 Å². The SMILES string of the molecule is C[C@@](O)(C(=O)Nc1ccc(S(=O)(=O)CC2CC2)cc1Cl)C(F)(F)F. The van der Waals surface area contributed by atoms with Crippen LogP contribution in [0, 0.1) is 5.92 Å². The molecule has 0 heterocycles. The van der Waals surface area contributed by atoms with E-state index in [2.05, 4.69) is 0 Å². The number of rotatable bonds is 5. The van der Waals surface area contributed by atoms with Crippen LogP contribution in [0.4, 0.5) is 18.9 Å². The Morgan fingerprint density at radius 1 is 1.38 bits per heavy atom. The van der Waals surface area contributed by atoms with E-state index in [-0.39, 0.29) is 27.3 Å². The third kappa shape index (κ3) is 4.01. The molecule has 1 aromatic carbocycles. The predicted molar refractivity (Wildman–Crippen MR) is 81.5 cm³/mol. The Kier molecular flexibility index (Phi) is 4.91. The van der Waals surface area contributed by atoms with Crippen LogP contribution in [0.5, 0.6) is 0 Å². The number of hydrogen-bond donors (Lipinski definition) is 2. The molecule has 10 heteroatoms. The van der Waals surface area contributed by atoms with Gasteiger partial charge in [0.1, 0.15) is 0 Å². The Morgan fingerprint density at radius 2 is 1.96 bits per heavy atom. The molecule has 0 aromatic heterocycles. The molecular weight excluding hydrogens is 371 g/mol. The second-order valence-corrected chi connectivity index (χ2v) is 8.33. The van der Waals surface area contributed by atoms with Gasteiger partial charge in [-0.2, -0.15) is 13.2 Å². The van der Waals surface area contributed by atoms with E-state index in [0.29, 0.717) is 6.92 Å². The monoisotopic (exact) mass is 385 g/mol. The highest BCUT2D eigenvalue weighted by atomic mass is 35.5. The Hall–Kier alpha value is -1.32. The van der Waals surface area contributed by atoms with E-state index in [0.717, 1.165) is 31.0 Å². The number of anilines is 1. The molecule has 1 atom stereocenters. The highest BCUT2D eigenvalue weighted by Crippen LogP contribution is 2.35. The zero-order valence-corrected chi connectivity index (χ0v) is 14.1. The number of amides is 1. The van der Waals surface area contributed by atoms with Crippen molar-refractivity contribution < 1.29 is 31.5 Å². The van der Waals surface area contributed by atoms with Crippen molar-refractivity contribution in [3.8, 4) is 0 Å². The third-order valence-corrected chi connectivity index (χ3v) is 5.89. The van der Waals surface area contributed by atoms with Crippen molar-refractivity contribution in [1.29, 1.82) is 0 Å². The average molecular weight is 386 g/mol. The molecule has 1 aliphatic carbocycles. The topological polar surface area (TPSA) is 83.5 Å². The molecule has 1 fully saturated rings. The van der Waals surface area contributed by atoms with Gasteiger partial charge in [-0.1, -0.05) is 11.6 Å². The largest absolute Gasteiger partial charge is 0.426 e. The molecule has 5 nitrogen and oxygen atoms in total. The molecule has 1 amide bonds. The molecule has 0 unspecified atom stereocenters. The molecule has 0 radical (unpaired) electrons. The van der Waals surface area contributed by atoms with Gasteiger partial charge in [0.25, 0.3) is 5.91 Å². The van der Waals surface area contributed by atoms with Crippen molar-refractivity contribution in [2.75, 3.05) is 11.1 Å². The molecule has 0 saturated heterocycles. The normalized spacial score (nSPS) is 18.1. The summed E-state index contributed by atoms with van der Waals surface area (Å²) >= 11 is 5.85. The lowest BCUT2D eigenvalue weighted by Gasteiger charge is -2.25. The molecule has 1 aliphatic rings. The van der Waals surface area contributed by atoms with Crippen LogP contribution in [0.25, 0.3) is 0 Å².